The number of hydrogen-bond acceptors (Lipinski definition) is 11. The lowest BCUT2D eigenvalue weighted by Crippen LogP contribution is -2.62. The first-order valence-corrected chi connectivity index (χ1v) is 11.2. The number of ether oxygens (including phenoxy) is 1. The highest BCUT2D eigenvalue weighted by Gasteiger charge is 2.24. The molecule has 1 aromatic carbocycles. The van der Waals surface area contributed by atoms with Gasteiger partial charge >= 0.3 is 5.88 Å². The van der Waals surface area contributed by atoms with Gasteiger partial charge in [0.25, 0.3) is 6.20 Å². The van der Waals surface area contributed by atoms with Crippen molar-refractivity contribution in [3.63, 3.8) is 0 Å². The van der Waals surface area contributed by atoms with Crippen LogP contribution < -0.4 is 26.4 Å². The Balaban J connectivity index is 1.59. The summed E-state index contributed by atoms with van der Waals surface area (Å²) in [7, 11) is 0. The number of rotatable bonds is 4. The van der Waals surface area contributed by atoms with Crippen LogP contribution in [0.2, 0.25) is 0 Å². The fraction of sp³-hybridized carbons (Fsp3) is 0.227. The Labute approximate surface area is 198 Å². The zero-order chi connectivity index (χ0) is 23.8. The van der Waals surface area contributed by atoms with Gasteiger partial charge < -0.3 is 21.3 Å². The van der Waals surface area contributed by atoms with Gasteiger partial charge in [0.15, 0.2) is 0 Å². The summed E-state index contributed by atoms with van der Waals surface area (Å²) < 4.78 is 10.5. The molecular weight excluding hydrogens is 456 g/mol. The van der Waals surface area contributed by atoms with Crippen molar-refractivity contribution in [3.8, 4) is 17.2 Å². The molecular formula is C22H20N8O3S. The molecule has 0 unspecified atom stereocenters. The predicted octanol–water partition coefficient (Wildman–Crippen LogP) is 0.990. The van der Waals surface area contributed by atoms with Crippen LogP contribution in [0, 0.1) is 18.3 Å². The van der Waals surface area contributed by atoms with E-state index in [0.29, 0.717) is 42.1 Å². The second-order valence-electron chi connectivity index (χ2n) is 7.69. The van der Waals surface area contributed by atoms with Gasteiger partial charge in [0.2, 0.25) is 5.27 Å². The van der Waals surface area contributed by atoms with Gasteiger partial charge in [-0.15, -0.1) is 16.3 Å². The lowest BCUT2D eigenvalue weighted by Gasteiger charge is -2.18. The molecule has 3 aromatic heterocycles. The van der Waals surface area contributed by atoms with E-state index >= 15 is 0 Å². The van der Waals surface area contributed by atoms with Crippen molar-refractivity contribution < 1.29 is 19.2 Å². The maximum atomic E-state index is 13.0. The Morgan fingerprint density at radius 2 is 2.00 bits per heavy atom. The monoisotopic (exact) mass is 476 g/mol. The molecule has 1 saturated heterocycles. The van der Waals surface area contributed by atoms with Gasteiger partial charge in [0, 0.05) is 16.8 Å². The van der Waals surface area contributed by atoms with Crippen LogP contribution in [0.3, 0.4) is 0 Å². The van der Waals surface area contributed by atoms with Crippen LogP contribution >= 0.6 is 11.3 Å². The molecule has 0 aliphatic carbocycles. The van der Waals surface area contributed by atoms with Crippen LogP contribution in [0.15, 0.2) is 40.0 Å². The maximum absolute atomic E-state index is 13.0. The number of morpholine rings is 1. The van der Waals surface area contributed by atoms with Gasteiger partial charge in [-0.25, -0.2) is 9.98 Å². The van der Waals surface area contributed by atoms with E-state index in [2.05, 4.69) is 21.3 Å². The smallest absolute Gasteiger partial charge is 0.324 e. The lowest BCUT2D eigenvalue weighted by atomic mass is 9.96. The van der Waals surface area contributed by atoms with Gasteiger partial charge in [0.1, 0.15) is 22.3 Å². The SMILES string of the molecule is Cc1ccc(-c2c(C#N)c(N)nc3sc(/C([O-])=N/c4c[n+](N5CCOCC5)no4)c(N)c23)cc1. The van der Waals surface area contributed by atoms with E-state index in [1.54, 1.807) is 0 Å². The summed E-state index contributed by atoms with van der Waals surface area (Å²) in [6.07, 6.45) is 1.52. The van der Waals surface area contributed by atoms with Crippen molar-refractivity contribution in [3.05, 3.63) is 46.5 Å². The number of thiophene rings is 1. The molecule has 0 atom stereocenters. The summed E-state index contributed by atoms with van der Waals surface area (Å²) >= 11 is 1.07. The van der Waals surface area contributed by atoms with E-state index in [4.69, 9.17) is 20.7 Å². The Bertz CT molecular complexity index is 1450. The summed E-state index contributed by atoms with van der Waals surface area (Å²) in [5.41, 5.74) is 15.3. The molecule has 0 saturated carbocycles. The van der Waals surface area contributed by atoms with Gasteiger partial charge in [-0.05, 0) is 12.5 Å². The summed E-state index contributed by atoms with van der Waals surface area (Å²) in [6, 6.07) is 9.74. The van der Waals surface area contributed by atoms with E-state index < -0.39 is 5.90 Å². The van der Waals surface area contributed by atoms with E-state index in [0.717, 1.165) is 22.5 Å². The van der Waals surface area contributed by atoms with Gasteiger partial charge in [0.05, 0.1) is 41.7 Å². The number of fused-ring (bicyclic) bond motifs is 1. The first-order valence-electron chi connectivity index (χ1n) is 10.4. The van der Waals surface area contributed by atoms with Crippen molar-refractivity contribution in [1.82, 2.24) is 10.3 Å². The second kappa shape index (κ2) is 8.62. The number of nitrogens with zero attached hydrogens (tertiary/aromatic N) is 6. The number of benzene rings is 1. The quantitative estimate of drug-likeness (QED) is 0.248. The Morgan fingerprint density at radius 1 is 1.26 bits per heavy atom. The maximum Gasteiger partial charge on any atom is 0.324 e. The average molecular weight is 477 g/mol. The molecule has 1 fully saturated rings. The molecule has 12 heteroatoms. The molecule has 5 rings (SSSR count). The zero-order valence-corrected chi connectivity index (χ0v) is 19.0. The van der Waals surface area contributed by atoms with Gasteiger partial charge in [-0.3, -0.25) is 4.52 Å². The Morgan fingerprint density at radius 3 is 2.71 bits per heavy atom. The minimum Gasteiger partial charge on any atom is -0.857 e. The molecule has 1 aliphatic heterocycles. The van der Waals surface area contributed by atoms with E-state index in [9.17, 15) is 10.4 Å². The highest BCUT2D eigenvalue weighted by atomic mass is 32.1. The van der Waals surface area contributed by atoms with Crippen LogP contribution in [0.5, 0.6) is 0 Å². The van der Waals surface area contributed by atoms with E-state index in [-0.39, 0.29) is 27.8 Å². The number of aryl methyl sites for hydroxylation is 1. The molecule has 1 aliphatic rings. The molecule has 11 nitrogen and oxygen atoms in total. The number of hydrogen-bond donors (Lipinski definition) is 2. The second-order valence-corrected chi connectivity index (χ2v) is 8.69. The number of pyridine rings is 1. The topological polar surface area (TPSA) is 167 Å². The lowest BCUT2D eigenvalue weighted by molar-refractivity contribution is -0.759. The molecule has 4 heterocycles. The van der Waals surface area contributed by atoms with Gasteiger partial charge in [-0.1, -0.05) is 29.8 Å². The molecule has 4 aromatic rings. The Hall–Kier alpha value is -4.21. The molecule has 34 heavy (non-hydrogen) atoms. The molecule has 0 amide bonds. The van der Waals surface area contributed by atoms with Gasteiger partial charge in [-0.2, -0.15) is 5.26 Å². The summed E-state index contributed by atoms with van der Waals surface area (Å²) in [6.45, 7) is 4.41. The largest absolute Gasteiger partial charge is 0.857 e. The summed E-state index contributed by atoms with van der Waals surface area (Å²) in [5.74, 6) is -0.487. The van der Waals surface area contributed by atoms with Crippen LogP contribution in [-0.4, -0.2) is 42.5 Å². The highest BCUT2D eigenvalue weighted by Crippen LogP contribution is 2.42. The predicted molar refractivity (Wildman–Crippen MR) is 125 cm³/mol. The molecule has 0 spiro atoms. The first kappa shape index (κ1) is 21.6. The van der Waals surface area contributed by atoms with Crippen molar-refractivity contribution in [2.75, 3.05) is 42.8 Å². The fourth-order valence-corrected chi connectivity index (χ4v) is 4.77. The van der Waals surface area contributed by atoms with Crippen LogP contribution in [0.25, 0.3) is 21.3 Å². The average Bonchev–Trinajstić information content (AvgIpc) is 3.44. The summed E-state index contributed by atoms with van der Waals surface area (Å²) in [5, 5.41) is 29.1. The molecule has 4 N–H and O–H groups in total. The normalized spacial score (nSPS) is 14.5. The van der Waals surface area contributed by atoms with Crippen molar-refractivity contribution in [2.45, 2.75) is 6.92 Å². The highest BCUT2D eigenvalue weighted by molar-refractivity contribution is 7.21. The number of anilines is 2. The third kappa shape index (κ3) is 3.76. The van der Waals surface area contributed by atoms with Crippen molar-refractivity contribution in [1.29, 1.82) is 5.26 Å². The van der Waals surface area contributed by atoms with E-state index in [1.807, 2.05) is 36.2 Å². The molecule has 172 valence electrons. The third-order valence-corrected chi connectivity index (χ3v) is 6.57. The van der Waals surface area contributed by atoms with E-state index in [1.165, 1.54) is 11.0 Å². The number of nitriles is 1. The standard InChI is InChI=1S/C22H20N8O3S/c1-12-2-4-13(5-3-12)16-14(10-23)20(25)27-22-17(16)18(24)19(34-22)21(31)26-15-11-30(28-33-15)29-6-8-32-9-7-29/h2-5,11H,6-9H2,1H3,(H4-,24,25,26,27,28,31). The molecule has 0 bridgehead atoms. The Kier molecular flexibility index (Phi) is 5.48. The summed E-state index contributed by atoms with van der Waals surface area (Å²) in [4.78, 5) is 10.5. The zero-order valence-electron chi connectivity index (χ0n) is 18.2. The van der Waals surface area contributed by atoms with Crippen LogP contribution in [0.4, 0.5) is 17.4 Å². The van der Waals surface area contributed by atoms with Crippen LogP contribution in [0.1, 0.15) is 16.0 Å². The molecule has 0 radical (unpaired) electrons. The third-order valence-electron chi connectivity index (χ3n) is 5.48. The van der Waals surface area contributed by atoms with Crippen molar-refractivity contribution >= 4 is 44.8 Å². The number of nitrogens with two attached hydrogens (primary N) is 2. The van der Waals surface area contributed by atoms with Crippen LogP contribution in [-0.2, 0) is 4.74 Å². The number of nitrogen functional groups attached to an aromatic ring is 2. The minimum atomic E-state index is -0.599. The number of aromatic nitrogens is 3. The fourth-order valence-electron chi connectivity index (χ4n) is 3.77. The number of aliphatic imine (C=N–C) groups is 1. The van der Waals surface area contributed by atoms with Crippen molar-refractivity contribution in [2.24, 2.45) is 4.99 Å². The first-order chi connectivity index (χ1) is 16.5. The minimum absolute atomic E-state index is 0.0392.